The summed E-state index contributed by atoms with van der Waals surface area (Å²) >= 11 is 0. The lowest BCUT2D eigenvalue weighted by Crippen LogP contribution is -2.37. The molecule has 0 saturated heterocycles. The number of aromatic nitrogens is 4. The molecule has 1 aliphatic heterocycles. The molecule has 0 atom stereocenters. The van der Waals surface area contributed by atoms with Gasteiger partial charge in [0.15, 0.2) is 5.82 Å². The molecule has 3 aromatic heterocycles. The zero-order valence-electron chi connectivity index (χ0n) is 14.3. The van der Waals surface area contributed by atoms with Gasteiger partial charge in [0.1, 0.15) is 17.1 Å². The summed E-state index contributed by atoms with van der Waals surface area (Å²) in [6, 6.07) is 9.07. The normalized spacial score (nSPS) is 13.2. The maximum atomic E-state index is 12.7. The molecular weight excluding hydrogens is 330 g/mol. The average Bonchev–Trinajstić information content (AvgIpc) is 2.73. The average molecular weight is 347 g/mol. The van der Waals surface area contributed by atoms with Crippen LogP contribution in [0, 0.1) is 0 Å². The Morgan fingerprint density at radius 2 is 2.04 bits per heavy atom. The quantitative estimate of drug-likeness (QED) is 0.722. The van der Waals surface area contributed by atoms with E-state index in [1.54, 1.807) is 42.7 Å². The molecular formula is C19H17N5O2. The molecule has 0 bridgehead atoms. The van der Waals surface area contributed by atoms with E-state index >= 15 is 0 Å². The number of carbonyl (C=O) groups excluding carboxylic acids is 1. The van der Waals surface area contributed by atoms with E-state index in [0.717, 1.165) is 17.0 Å². The molecule has 0 fully saturated rings. The molecule has 4 rings (SSSR count). The highest BCUT2D eigenvalue weighted by Crippen LogP contribution is 2.21. The van der Waals surface area contributed by atoms with Gasteiger partial charge in [-0.2, -0.15) is 0 Å². The highest BCUT2D eigenvalue weighted by atomic mass is 16.5. The summed E-state index contributed by atoms with van der Waals surface area (Å²) in [6.07, 6.45) is 5.74. The topological polar surface area (TPSA) is 81.1 Å². The lowest BCUT2D eigenvalue weighted by molar-refractivity contribution is 0.0727. The van der Waals surface area contributed by atoms with E-state index in [9.17, 15) is 4.79 Å². The van der Waals surface area contributed by atoms with Crippen molar-refractivity contribution in [1.29, 1.82) is 0 Å². The van der Waals surface area contributed by atoms with Crippen molar-refractivity contribution in [3.05, 3.63) is 65.9 Å². The number of amides is 1. The van der Waals surface area contributed by atoms with Crippen LogP contribution in [0.25, 0.3) is 11.5 Å². The molecule has 0 aromatic carbocycles. The number of fused-ring (bicyclic) bond motifs is 1. The van der Waals surface area contributed by atoms with Crippen LogP contribution in [-0.2, 0) is 13.0 Å². The van der Waals surface area contributed by atoms with Crippen LogP contribution < -0.4 is 4.74 Å². The Kier molecular flexibility index (Phi) is 4.27. The molecule has 130 valence electrons. The SMILES string of the molecule is COc1ccc(C(=O)N2CCc3nc(-c4ccccn4)ncc3C2)nc1. The molecule has 4 heterocycles. The zero-order chi connectivity index (χ0) is 17.9. The second kappa shape index (κ2) is 6.87. The second-order valence-electron chi connectivity index (χ2n) is 5.94. The van der Waals surface area contributed by atoms with E-state index in [0.29, 0.717) is 36.8 Å². The van der Waals surface area contributed by atoms with Crippen LogP contribution >= 0.6 is 0 Å². The Hall–Kier alpha value is -3.35. The molecule has 7 nitrogen and oxygen atoms in total. The van der Waals surface area contributed by atoms with Gasteiger partial charge in [-0.15, -0.1) is 0 Å². The third-order valence-corrected chi connectivity index (χ3v) is 4.31. The largest absolute Gasteiger partial charge is 0.495 e. The van der Waals surface area contributed by atoms with Crippen molar-refractivity contribution in [1.82, 2.24) is 24.8 Å². The fourth-order valence-corrected chi connectivity index (χ4v) is 2.90. The van der Waals surface area contributed by atoms with Gasteiger partial charge in [-0.25, -0.2) is 15.0 Å². The van der Waals surface area contributed by atoms with Crippen LogP contribution in [-0.4, -0.2) is 44.4 Å². The van der Waals surface area contributed by atoms with Crippen molar-refractivity contribution in [2.24, 2.45) is 0 Å². The van der Waals surface area contributed by atoms with E-state index in [1.807, 2.05) is 18.2 Å². The van der Waals surface area contributed by atoms with E-state index in [1.165, 1.54) is 0 Å². The van der Waals surface area contributed by atoms with Crippen LogP contribution in [0.2, 0.25) is 0 Å². The number of methoxy groups -OCH3 is 1. The van der Waals surface area contributed by atoms with Crippen LogP contribution in [0.3, 0.4) is 0 Å². The Balaban J connectivity index is 1.53. The Labute approximate surface area is 150 Å². The molecule has 0 spiro atoms. The standard InChI is InChI=1S/C19H17N5O2/c1-26-14-5-6-17(21-11-14)19(25)24-9-7-15-13(12-24)10-22-18(23-15)16-4-2-3-8-20-16/h2-6,8,10-11H,7,9,12H2,1H3. The molecule has 0 radical (unpaired) electrons. The molecule has 7 heteroatoms. The predicted molar refractivity (Wildman–Crippen MR) is 94.5 cm³/mol. The summed E-state index contributed by atoms with van der Waals surface area (Å²) < 4.78 is 5.08. The monoisotopic (exact) mass is 347 g/mol. The van der Waals surface area contributed by atoms with Crippen molar-refractivity contribution in [3.63, 3.8) is 0 Å². The highest BCUT2D eigenvalue weighted by Gasteiger charge is 2.24. The molecule has 0 N–H and O–H groups in total. The summed E-state index contributed by atoms with van der Waals surface area (Å²) in [5.74, 6) is 1.13. The van der Waals surface area contributed by atoms with E-state index in [2.05, 4.69) is 19.9 Å². The van der Waals surface area contributed by atoms with Gasteiger partial charge in [-0.3, -0.25) is 9.78 Å². The number of carbonyl (C=O) groups is 1. The molecule has 0 saturated carbocycles. The molecule has 1 aliphatic rings. The summed E-state index contributed by atoms with van der Waals surface area (Å²) in [5, 5.41) is 0. The summed E-state index contributed by atoms with van der Waals surface area (Å²) in [6.45, 7) is 1.07. The molecule has 26 heavy (non-hydrogen) atoms. The fraction of sp³-hybridized carbons (Fsp3) is 0.211. The number of pyridine rings is 2. The second-order valence-corrected chi connectivity index (χ2v) is 5.94. The van der Waals surface area contributed by atoms with E-state index in [-0.39, 0.29) is 5.91 Å². The minimum absolute atomic E-state index is 0.105. The van der Waals surface area contributed by atoms with Gasteiger partial charge in [0.25, 0.3) is 5.91 Å². The number of hydrogen-bond donors (Lipinski definition) is 0. The smallest absolute Gasteiger partial charge is 0.272 e. The lowest BCUT2D eigenvalue weighted by Gasteiger charge is -2.28. The van der Waals surface area contributed by atoms with Gasteiger partial charge in [0.05, 0.1) is 19.0 Å². The lowest BCUT2D eigenvalue weighted by atomic mass is 10.1. The van der Waals surface area contributed by atoms with Crippen molar-refractivity contribution in [2.45, 2.75) is 13.0 Å². The molecule has 0 unspecified atom stereocenters. The van der Waals surface area contributed by atoms with Gasteiger partial charge in [0.2, 0.25) is 0 Å². The van der Waals surface area contributed by atoms with Gasteiger partial charge >= 0.3 is 0 Å². The highest BCUT2D eigenvalue weighted by molar-refractivity contribution is 5.92. The summed E-state index contributed by atoms with van der Waals surface area (Å²) in [4.78, 5) is 31.9. The van der Waals surface area contributed by atoms with Gasteiger partial charge in [-0.1, -0.05) is 6.07 Å². The first-order valence-corrected chi connectivity index (χ1v) is 8.30. The Bertz CT molecular complexity index is 928. The van der Waals surface area contributed by atoms with Crippen molar-refractivity contribution >= 4 is 5.91 Å². The van der Waals surface area contributed by atoms with Crippen molar-refractivity contribution in [2.75, 3.05) is 13.7 Å². The van der Waals surface area contributed by atoms with Crippen LogP contribution in [0.5, 0.6) is 5.75 Å². The summed E-state index contributed by atoms with van der Waals surface area (Å²) in [5.41, 5.74) is 3.07. The first kappa shape index (κ1) is 16.1. The maximum absolute atomic E-state index is 12.7. The number of hydrogen-bond acceptors (Lipinski definition) is 6. The number of rotatable bonds is 3. The number of ether oxygens (including phenoxy) is 1. The van der Waals surface area contributed by atoms with Crippen LogP contribution in [0.1, 0.15) is 21.7 Å². The number of nitrogens with zero attached hydrogens (tertiary/aromatic N) is 5. The van der Waals surface area contributed by atoms with Crippen LogP contribution in [0.15, 0.2) is 48.9 Å². The van der Waals surface area contributed by atoms with Gasteiger partial charge in [0, 0.05) is 37.5 Å². The third-order valence-electron chi connectivity index (χ3n) is 4.31. The first-order valence-electron chi connectivity index (χ1n) is 8.30. The Morgan fingerprint density at radius 3 is 2.77 bits per heavy atom. The predicted octanol–water partition coefficient (Wildman–Crippen LogP) is 2.14. The fourth-order valence-electron chi connectivity index (χ4n) is 2.90. The first-order chi connectivity index (χ1) is 12.7. The van der Waals surface area contributed by atoms with Crippen molar-refractivity contribution in [3.8, 4) is 17.3 Å². The molecule has 1 amide bonds. The third kappa shape index (κ3) is 3.11. The van der Waals surface area contributed by atoms with Crippen molar-refractivity contribution < 1.29 is 9.53 Å². The minimum Gasteiger partial charge on any atom is -0.495 e. The zero-order valence-corrected chi connectivity index (χ0v) is 14.3. The Morgan fingerprint density at radius 1 is 1.12 bits per heavy atom. The maximum Gasteiger partial charge on any atom is 0.272 e. The van der Waals surface area contributed by atoms with Crippen LogP contribution in [0.4, 0.5) is 0 Å². The van der Waals surface area contributed by atoms with Gasteiger partial charge < -0.3 is 9.64 Å². The minimum atomic E-state index is -0.105. The van der Waals surface area contributed by atoms with Gasteiger partial charge in [-0.05, 0) is 24.3 Å². The molecule has 3 aromatic rings. The van der Waals surface area contributed by atoms with E-state index < -0.39 is 0 Å². The van der Waals surface area contributed by atoms with E-state index in [4.69, 9.17) is 4.74 Å². The summed E-state index contributed by atoms with van der Waals surface area (Å²) in [7, 11) is 1.57. The molecule has 0 aliphatic carbocycles.